The lowest BCUT2D eigenvalue weighted by atomic mass is 10.1. The minimum absolute atomic E-state index is 0. The fourth-order valence-electron chi connectivity index (χ4n) is 4.32. The van der Waals surface area contributed by atoms with Gasteiger partial charge in [0.15, 0.2) is 5.96 Å². The summed E-state index contributed by atoms with van der Waals surface area (Å²) in [5.41, 5.74) is 1.18. The van der Waals surface area contributed by atoms with E-state index < -0.39 is 0 Å². The first-order valence-corrected chi connectivity index (χ1v) is 11.3. The molecular formula is C23H37IN4O2. The van der Waals surface area contributed by atoms with Crippen LogP contribution >= 0.6 is 24.0 Å². The van der Waals surface area contributed by atoms with Gasteiger partial charge in [-0.3, -0.25) is 9.79 Å². The van der Waals surface area contributed by atoms with E-state index in [9.17, 15) is 4.79 Å². The van der Waals surface area contributed by atoms with Crippen molar-refractivity contribution >= 4 is 35.8 Å². The highest BCUT2D eigenvalue weighted by atomic mass is 127. The van der Waals surface area contributed by atoms with Crippen LogP contribution in [-0.4, -0.2) is 55.6 Å². The third-order valence-electron chi connectivity index (χ3n) is 5.81. The summed E-state index contributed by atoms with van der Waals surface area (Å²) in [6, 6.07) is 8.43. The van der Waals surface area contributed by atoms with E-state index in [4.69, 9.17) is 9.73 Å². The summed E-state index contributed by atoms with van der Waals surface area (Å²) in [5.74, 6) is 2.41. The van der Waals surface area contributed by atoms with Gasteiger partial charge in [0, 0.05) is 38.1 Å². The first-order chi connectivity index (χ1) is 14.2. The van der Waals surface area contributed by atoms with Crippen molar-refractivity contribution in [3.63, 3.8) is 0 Å². The molecular weight excluding hydrogens is 491 g/mol. The molecule has 1 saturated heterocycles. The van der Waals surface area contributed by atoms with Crippen molar-refractivity contribution in [3.05, 3.63) is 29.8 Å². The average Bonchev–Trinajstić information content (AvgIpc) is 3.41. The Morgan fingerprint density at radius 2 is 1.97 bits per heavy atom. The third-order valence-corrected chi connectivity index (χ3v) is 5.81. The largest absolute Gasteiger partial charge is 0.494 e. The highest BCUT2D eigenvalue weighted by Gasteiger charge is 2.32. The molecule has 1 aromatic carbocycles. The number of guanidine groups is 1. The Bertz CT molecular complexity index is 692. The monoisotopic (exact) mass is 528 g/mol. The van der Waals surface area contributed by atoms with E-state index in [1.54, 1.807) is 0 Å². The standard InChI is InChI=1S/C23H36N4O2.HI/c1-3-24-23(25-15-13-18-9-7-8-12-21(18)29-4-2)26-20-14-16-27(17-20)22(28)19-10-5-6-11-19;/h7-9,12,19-20H,3-6,10-11,13-17H2,1-2H3,(H2,24,25,26);1H. The molecule has 2 N–H and O–H groups in total. The Morgan fingerprint density at radius 1 is 1.20 bits per heavy atom. The van der Waals surface area contributed by atoms with Crippen LogP contribution in [0.25, 0.3) is 0 Å². The van der Waals surface area contributed by atoms with E-state index in [1.165, 1.54) is 18.4 Å². The van der Waals surface area contributed by atoms with Crippen LogP contribution in [0.15, 0.2) is 29.3 Å². The predicted molar refractivity (Wildman–Crippen MR) is 133 cm³/mol. The second-order valence-corrected chi connectivity index (χ2v) is 7.95. The van der Waals surface area contributed by atoms with E-state index >= 15 is 0 Å². The Morgan fingerprint density at radius 3 is 2.70 bits per heavy atom. The van der Waals surface area contributed by atoms with Crippen molar-refractivity contribution in [2.75, 3.05) is 32.8 Å². The predicted octanol–water partition coefficient (Wildman–Crippen LogP) is 3.59. The second kappa shape index (κ2) is 13.0. The number of rotatable bonds is 8. The number of carbonyl (C=O) groups excluding carboxylic acids is 1. The number of amides is 1. The summed E-state index contributed by atoms with van der Waals surface area (Å²) in [5, 5.41) is 6.87. The minimum Gasteiger partial charge on any atom is -0.494 e. The minimum atomic E-state index is 0. The smallest absolute Gasteiger partial charge is 0.225 e. The molecule has 0 radical (unpaired) electrons. The molecule has 0 spiro atoms. The first-order valence-electron chi connectivity index (χ1n) is 11.3. The van der Waals surface area contributed by atoms with Crippen molar-refractivity contribution < 1.29 is 9.53 Å². The Hall–Kier alpha value is -1.51. The zero-order valence-corrected chi connectivity index (χ0v) is 20.7. The maximum absolute atomic E-state index is 12.7. The third kappa shape index (κ3) is 7.03. The van der Waals surface area contributed by atoms with Crippen molar-refractivity contribution in [2.24, 2.45) is 10.9 Å². The molecule has 3 rings (SSSR count). The second-order valence-electron chi connectivity index (χ2n) is 7.95. The van der Waals surface area contributed by atoms with Gasteiger partial charge in [0.25, 0.3) is 0 Å². The number of ether oxygens (including phenoxy) is 1. The number of hydrogen-bond donors (Lipinski definition) is 2. The Kier molecular flexibility index (Phi) is 10.7. The lowest BCUT2D eigenvalue weighted by Crippen LogP contribution is -2.45. The number of nitrogens with one attached hydrogen (secondary N) is 2. The van der Waals surface area contributed by atoms with Crippen LogP contribution in [0.1, 0.15) is 51.5 Å². The molecule has 0 bridgehead atoms. The number of carbonyl (C=O) groups is 1. The highest BCUT2D eigenvalue weighted by Crippen LogP contribution is 2.27. The van der Waals surface area contributed by atoms with Gasteiger partial charge in [0.05, 0.1) is 6.61 Å². The molecule has 1 aliphatic heterocycles. The van der Waals surface area contributed by atoms with Crippen LogP contribution in [0.4, 0.5) is 0 Å². The van der Waals surface area contributed by atoms with Gasteiger partial charge in [-0.15, -0.1) is 24.0 Å². The van der Waals surface area contributed by atoms with Crippen LogP contribution in [0, 0.1) is 5.92 Å². The van der Waals surface area contributed by atoms with Crippen LogP contribution < -0.4 is 15.4 Å². The average molecular weight is 528 g/mol. The van der Waals surface area contributed by atoms with Crippen molar-refractivity contribution in [1.29, 1.82) is 0 Å². The molecule has 0 aromatic heterocycles. The van der Waals surface area contributed by atoms with E-state index in [-0.39, 0.29) is 35.9 Å². The molecule has 168 valence electrons. The fraction of sp³-hybridized carbons (Fsp3) is 0.652. The Balaban J connectivity index is 0.00000320. The van der Waals surface area contributed by atoms with E-state index in [1.807, 2.05) is 25.1 Å². The molecule has 2 fully saturated rings. The van der Waals surface area contributed by atoms with Gasteiger partial charge in [-0.05, 0) is 51.2 Å². The zero-order valence-electron chi connectivity index (χ0n) is 18.4. The summed E-state index contributed by atoms with van der Waals surface area (Å²) in [6.07, 6.45) is 6.37. The van der Waals surface area contributed by atoms with Gasteiger partial charge < -0.3 is 20.3 Å². The van der Waals surface area contributed by atoms with Gasteiger partial charge in [-0.1, -0.05) is 31.0 Å². The number of nitrogens with zero attached hydrogens (tertiary/aromatic N) is 2. The number of hydrogen-bond acceptors (Lipinski definition) is 3. The molecule has 1 heterocycles. The molecule has 6 nitrogen and oxygen atoms in total. The van der Waals surface area contributed by atoms with Crippen LogP contribution in [0.2, 0.25) is 0 Å². The van der Waals surface area contributed by atoms with E-state index in [0.29, 0.717) is 19.1 Å². The van der Waals surface area contributed by atoms with Gasteiger partial charge in [-0.2, -0.15) is 0 Å². The van der Waals surface area contributed by atoms with Gasteiger partial charge in [0.1, 0.15) is 5.75 Å². The molecule has 1 saturated carbocycles. The van der Waals surface area contributed by atoms with Crippen LogP contribution in [0.3, 0.4) is 0 Å². The number of benzene rings is 1. The summed E-state index contributed by atoms with van der Waals surface area (Å²) >= 11 is 0. The van der Waals surface area contributed by atoms with Crippen LogP contribution in [-0.2, 0) is 11.2 Å². The maximum atomic E-state index is 12.7. The molecule has 2 aliphatic rings. The van der Waals surface area contributed by atoms with Crippen molar-refractivity contribution in [3.8, 4) is 5.75 Å². The summed E-state index contributed by atoms with van der Waals surface area (Å²) < 4.78 is 5.71. The van der Waals surface area contributed by atoms with E-state index in [2.05, 4.69) is 28.5 Å². The zero-order chi connectivity index (χ0) is 20.5. The summed E-state index contributed by atoms with van der Waals surface area (Å²) in [7, 11) is 0. The quantitative estimate of drug-likeness (QED) is 0.308. The molecule has 1 aromatic rings. The molecule has 7 heteroatoms. The summed E-state index contributed by atoms with van der Waals surface area (Å²) in [4.78, 5) is 19.5. The fourth-order valence-corrected chi connectivity index (χ4v) is 4.32. The number of halogens is 1. The normalized spacial score (nSPS) is 19.5. The molecule has 30 heavy (non-hydrogen) atoms. The molecule has 1 aliphatic carbocycles. The lowest BCUT2D eigenvalue weighted by molar-refractivity contribution is -0.134. The number of likely N-dealkylation sites (tertiary alicyclic amines) is 1. The van der Waals surface area contributed by atoms with Crippen molar-refractivity contribution in [1.82, 2.24) is 15.5 Å². The van der Waals surface area contributed by atoms with Crippen LogP contribution in [0.5, 0.6) is 5.75 Å². The van der Waals surface area contributed by atoms with Gasteiger partial charge in [0.2, 0.25) is 5.91 Å². The summed E-state index contributed by atoms with van der Waals surface area (Å²) in [6.45, 7) is 7.90. The van der Waals surface area contributed by atoms with Gasteiger partial charge in [-0.25, -0.2) is 0 Å². The van der Waals surface area contributed by atoms with E-state index in [0.717, 1.165) is 57.0 Å². The topological polar surface area (TPSA) is 66.0 Å². The molecule has 1 amide bonds. The number of aliphatic imine (C=N–C) groups is 1. The number of para-hydroxylation sites is 1. The Labute approximate surface area is 198 Å². The van der Waals surface area contributed by atoms with Crippen molar-refractivity contribution in [2.45, 2.75) is 58.4 Å². The maximum Gasteiger partial charge on any atom is 0.225 e. The molecule has 1 atom stereocenters. The SMILES string of the molecule is CCNC(=NCCc1ccccc1OCC)NC1CCN(C(=O)C2CCCC2)C1.I. The molecule has 1 unspecified atom stereocenters. The lowest BCUT2D eigenvalue weighted by Gasteiger charge is -2.21. The highest BCUT2D eigenvalue weighted by molar-refractivity contribution is 14.0. The first kappa shape index (κ1) is 24.8. The van der Waals surface area contributed by atoms with Gasteiger partial charge >= 0.3 is 0 Å².